The van der Waals surface area contributed by atoms with E-state index in [1.54, 1.807) is 42.5 Å². The largest absolute Gasteiger partial charge is 0.494 e. The molecule has 3 aromatic carbocycles. The minimum atomic E-state index is -0.704. The summed E-state index contributed by atoms with van der Waals surface area (Å²) in [5.74, 6) is -0.102. The van der Waals surface area contributed by atoms with Crippen molar-refractivity contribution in [3.8, 4) is 23.0 Å². The number of hydrogen-bond donors (Lipinski definition) is 2. The van der Waals surface area contributed by atoms with Gasteiger partial charge in [0.25, 0.3) is 17.5 Å². The summed E-state index contributed by atoms with van der Waals surface area (Å²) in [7, 11) is 5.69. The Morgan fingerprint density at radius 2 is 1.46 bits per heavy atom. The van der Waals surface area contributed by atoms with Crippen LogP contribution in [0.15, 0.2) is 66.4 Å². The molecule has 0 saturated heterocycles. The maximum absolute atomic E-state index is 13.3. The van der Waals surface area contributed by atoms with Crippen LogP contribution >= 0.6 is 0 Å². The summed E-state index contributed by atoms with van der Waals surface area (Å²) in [6.45, 7) is 0. The maximum Gasteiger partial charge on any atom is 0.273 e. The zero-order chi connectivity index (χ0) is 26.9. The minimum absolute atomic E-state index is 0.0732. The molecule has 11 heteroatoms. The third-order valence-corrected chi connectivity index (χ3v) is 5.17. The van der Waals surface area contributed by atoms with E-state index in [9.17, 15) is 19.7 Å². The molecule has 0 heterocycles. The average molecular weight is 507 g/mol. The van der Waals surface area contributed by atoms with Gasteiger partial charge in [-0.1, -0.05) is 18.2 Å². The predicted octanol–water partition coefficient (Wildman–Crippen LogP) is 4.04. The highest BCUT2D eigenvalue weighted by molar-refractivity contribution is 6.11. The number of carbonyl (C=O) groups is 2. The highest BCUT2D eigenvalue weighted by Crippen LogP contribution is 2.38. The molecule has 2 amide bonds. The molecule has 0 unspecified atom stereocenters. The van der Waals surface area contributed by atoms with Crippen molar-refractivity contribution >= 4 is 29.3 Å². The van der Waals surface area contributed by atoms with Crippen LogP contribution in [0.5, 0.6) is 23.0 Å². The van der Waals surface area contributed by atoms with Crippen LogP contribution in [0.2, 0.25) is 0 Å². The smallest absolute Gasteiger partial charge is 0.273 e. The van der Waals surface area contributed by atoms with Gasteiger partial charge in [0.05, 0.1) is 45.1 Å². The number of amides is 2. The SMILES string of the molecule is COc1cc([N+](=O)[O-])ccc1NC(=O)/C(=C/c1cc(OC)c(OC)c(OC)c1)NC(=O)c1ccccc1. The molecular weight excluding hydrogens is 482 g/mol. The monoisotopic (exact) mass is 507 g/mol. The van der Waals surface area contributed by atoms with Crippen molar-refractivity contribution < 1.29 is 33.5 Å². The van der Waals surface area contributed by atoms with Gasteiger partial charge in [-0.3, -0.25) is 19.7 Å². The van der Waals surface area contributed by atoms with E-state index in [-0.39, 0.29) is 22.8 Å². The Kier molecular flexibility index (Phi) is 8.66. The molecule has 0 fully saturated rings. The first-order valence-electron chi connectivity index (χ1n) is 10.8. The number of nitro groups is 1. The van der Waals surface area contributed by atoms with E-state index in [0.717, 1.165) is 0 Å². The van der Waals surface area contributed by atoms with E-state index in [0.29, 0.717) is 28.4 Å². The number of nitrogens with one attached hydrogen (secondary N) is 2. The lowest BCUT2D eigenvalue weighted by Gasteiger charge is -2.15. The number of non-ortho nitro benzene ring substituents is 1. The van der Waals surface area contributed by atoms with Gasteiger partial charge in [0.2, 0.25) is 5.75 Å². The first-order valence-corrected chi connectivity index (χ1v) is 10.8. The Morgan fingerprint density at radius 3 is 2.00 bits per heavy atom. The fourth-order valence-electron chi connectivity index (χ4n) is 3.38. The van der Waals surface area contributed by atoms with Crippen molar-refractivity contribution in [1.82, 2.24) is 5.32 Å². The van der Waals surface area contributed by atoms with E-state index in [1.807, 2.05) is 0 Å². The average Bonchev–Trinajstić information content (AvgIpc) is 2.92. The lowest BCUT2D eigenvalue weighted by molar-refractivity contribution is -0.384. The van der Waals surface area contributed by atoms with Crippen LogP contribution in [-0.4, -0.2) is 45.2 Å². The van der Waals surface area contributed by atoms with Crippen molar-refractivity contribution in [1.29, 1.82) is 0 Å². The normalized spacial score (nSPS) is 10.8. The van der Waals surface area contributed by atoms with E-state index < -0.39 is 16.7 Å². The van der Waals surface area contributed by atoms with Crippen LogP contribution in [0.25, 0.3) is 6.08 Å². The third kappa shape index (κ3) is 6.34. The van der Waals surface area contributed by atoms with Gasteiger partial charge in [-0.15, -0.1) is 0 Å². The van der Waals surface area contributed by atoms with Gasteiger partial charge in [0, 0.05) is 11.6 Å². The van der Waals surface area contributed by atoms with Gasteiger partial charge < -0.3 is 29.6 Å². The van der Waals surface area contributed by atoms with Crippen LogP contribution in [0, 0.1) is 10.1 Å². The summed E-state index contributed by atoms with van der Waals surface area (Å²) in [4.78, 5) is 36.7. The predicted molar refractivity (Wildman–Crippen MR) is 136 cm³/mol. The van der Waals surface area contributed by atoms with Crippen molar-refractivity contribution in [2.45, 2.75) is 0 Å². The standard InChI is InChI=1S/C26H25N3O8/c1-34-21-15-18(29(32)33)10-11-19(21)27-26(31)20(28-25(30)17-8-6-5-7-9-17)12-16-13-22(35-2)24(37-4)23(14-16)36-3/h5-15H,1-4H3,(H,27,31)(H,28,30)/b20-12-. The molecule has 0 aromatic heterocycles. The van der Waals surface area contributed by atoms with Crippen LogP contribution in [-0.2, 0) is 4.79 Å². The Balaban J connectivity index is 2.04. The molecule has 11 nitrogen and oxygen atoms in total. The van der Waals surface area contributed by atoms with Crippen molar-refractivity contribution in [3.63, 3.8) is 0 Å². The number of methoxy groups -OCH3 is 4. The molecule has 3 rings (SSSR count). The van der Waals surface area contributed by atoms with Crippen molar-refractivity contribution in [2.24, 2.45) is 0 Å². The van der Waals surface area contributed by atoms with Crippen LogP contribution in [0.1, 0.15) is 15.9 Å². The summed E-state index contributed by atoms with van der Waals surface area (Å²) < 4.78 is 21.3. The quantitative estimate of drug-likeness (QED) is 0.238. The molecule has 37 heavy (non-hydrogen) atoms. The molecule has 3 aromatic rings. The number of hydrogen-bond acceptors (Lipinski definition) is 8. The zero-order valence-electron chi connectivity index (χ0n) is 20.6. The highest BCUT2D eigenvalue weighted by Gasteiger charge is 2.20. The molecule has 0 radical (unpaired) electrons. The molecule has 0 saturated carbocycles. The number of nitrogens with zero attached hydrogens (tertiary/aromatic N) is 1. The van der Waals surface area contributed by atoms with E-state index in [2.05, 4.69) is 10.6 Å². The number of carbonyl (C=O) groups excluding carboxylic acids is 2. The zero-order valence-corrected chi connectivity index (χ0v) is 20.6. The van der Waals surface area contributed by atoms with Gasteiger partial charge in [0.1, 0.15) is 11.4 Å². The van der Waals surface area contributed by atoms with E-state index >= 15 is 0 Å². The molecular formula is C26H25N3O8. The fraction of sp³-hybridized carbons (Fsp3) is 0.154. The number of rotatable bonds is 10. The number of ether oxygens (including phenoxy) is 4. The summed E-state index contributed by atoms with van der Waals surface area (Å²) >= 11 is 0. The van der Waals surface area contributed by atoms with Gasteiger partial charge >= 0.3 is 0 Å². The van der Waals surface area contributed by atoms with E-state index in [1.165, 1.54) is 52.7 Å². The Morgan fingerprint density at radius 1 is 0.838 bits per heavy atom. The number of benzene rings is 3. The second kappa shape index (κ2) is 12.1. The Labute approximate surface area is 212 Å². The molecule has 0 aliphatic heterocycles. The molecule has 0 aliphatic carbocycles. The first kappa shape index (κ1) is 26.5. The molecule has 192 valence electrons. The summed E-state index contributed by atoms with van der Waals surface area (Å²) in [6, 6.07) is 15.3. The van der Waals surface area contributed by atoms with Gasteiger partial charge in [0.15, 0.2) is 11.5 Å². The van der Waals surface area contributed by atoms with Gasteiger partial charge in [-0.05, 0) is 42.0 Å². The minimum Gasteiger partial charge on any atom is -0.494 e. The maximum atomic E-state index is 13.3. The molecule has 0 bridgehead atoms. The van der Waals surface area contributed by atoms with Gasteiger partial charge in [-0.2, -0.15) is 0 Å². The number of nitro benzene ring substituents is 1. The molecule has 0 spiro atoms. The fourth-order valence-corrected chi connectivity index (χ4v) is 3.38. The topological polar surface area (TPSA) is 138 Å². The number of anilines is 1. The summed E-state index contributed by atoms with van der Waals surface area (Å²) in [5, 5.41) is 16.3. The lowest BCUT2D eigenvalue weighted by Crippen LogP contribution is -2.30. The third-order valence-electron chi connectivity index (χ3n) is 5.17. The summed E-state index contributed by atoms with van der Waals surface area (Å²) in [5.41, 5.74) is 0.634. The lowest BCUT2D eigenvalue weighted by atomic mass is 10.1. The van der Waals surface area contributed by atoms with Crippen LogP contribution in [0.4, 0.5) is 11.4 Å². The van der Waals surface area contributed by atoms with Crippen molar-refractivity contribution in [2.75, 3.05) is 33.8 Å². The molecule has 0 aliphatic rings. The first-order chi connectivity index (χ1) is 17.8. The second-order valence-electron chi connectivity index (χ2n) is 7.43. The summed E-state index contributed by atoms with van der Waals surface area (Å²) in [6.07, 6.45) is 1.43. The Bertz CT molecular complexity index is 1310. The van der Waals surface area contributed by atoms with Gasteiger partial charge in [-0.25, -0.2) is 0 Å². The van der Waals surface area contributed by atoms with Crippen LogP contribution < -0.4 is 29.6 Å². The van der Waals surface area contributed by atoms with E-state index in [4.69, 9.17) is 18.9 Å². The molecule has 0 atom stereocenters. The van der Waals surface area contributed by atoms with Crippen LogP contribution in [0.3, 0.4) is 0 Å². The highest BCUT2D eigenvalue weighted by atomic mass is 16.6. The Hall–Kier alpha value is -5.06. The second-order valence-corrected chi connectivity index (χ2v) is 7.43. The van der Waals surface area contributed by atoms with Crippen molar-refractivity contribution in [3.05, 3.63) is 87.6 Å². The molecule has 2 N–H and O–H groups in total.